The van der Waals surface area contributed by atoms with Crippen LogP contribution in [0.4, 0.5) is 5.69 Å². The van der Waals surface area contributed by atoms with Gasteiger partial charge in [0.1, 0.15) is 6.04 Å². The highest BCUT2D eigenvalue weighted by Crippen LogP contribution is 2.25. The number of hydrogen-bond donors (Lipinski definition) is 1. The third kappa shape index (κ3) is 8.05. The zero-order valence-electron chi connectivity index (χ0n) is 19.2. The van der Waals surface area contributed by atoms with Crippen LogP contribution < -0.4 is 9.62 Å². The fraction of sp³-hybridized carbons (Fsp3) is 0.391. The molecule has 0 radical (unpaired) electrons. The van der Waals surface area contributed by atoms with E-state index < -0.39 is 16.1 Å². The van der Waals surface area contributed by atoms with E-state index in [4.69, 9.17) is 34.8 Å². The summed E-state index contributed by atoms with van der Waals surface area (Å²) in [5, 5.41) is 3.88. The van der Waals surface area contributed by atoms with Gasteiger partial charge in [-0.1, -0.05) is 46.9 Å². The monoisotopic (exact) mass is 547 g/mol. The molecule has 0 aliphatic rings. The molecule has 34 heavy (non-hydrogen) atoms. The average Bonchev–Trinajstić information content (AvgIpc) is 2.76. The summed E-state index contributed by atoms with van der Waals surface area (Å²) < 4.78 is 25.9. The van der Waals surface area contributed by atoms with Crippen LogP contribution in [0.15, 0.2) is 42.5 Å². The lowest BCUT2D eigenvalue weighted by molar-refractivity contribution is -0.140. The summed E-state index contributed by atoms with van der Waals surface area (Å²) in [6.07, 6.45) is 1.39. The van der Waals surface area contributed by atoms with Crippen molar-refractivity contribution in [2.45, 2.75) is 39.3 Å². The molecule has 2 rings (SSSR count). The predicted octanol–water partition coefficient (Wildman–Crippen LogP) is 4.75. The number of benzene rings is 2. The SMILES string of the molecule is CCNC(=O)C(C)N(Cc1ccc(Cl)c(Cl)c1)C(=O)CCCN(c1cccc(Cl)c1)S(C)(=O)=O. The number of anilines is 1. The maximum Gasteiger partial charge on any atom is 0.242 e. The molecule has 1 N–H and O–H groups in total. The number of amides is 2. The van der Waals surface area contributed by atoms with Crippen LogP contribution in [0.2, 0.25) is 15.1 Å². The molecule has 0 aliphatic heterocycles. The van der Waals surface area contributed by atoms with Crippen molar-refractivity contribution >= 4 is 62.3 Å². The molecule has 186 valence electrons. The van der Waals surface area contributed by atoms with Crippen LogP contribution in [-0.2, 0) is 26.2 Å². The van der Waals surface area contributed by atoms with Crippen molar-refractivity contribution in [2.75, 3.05) is 23.7 Å². The number of likely N-dealkylation sites (N-methyl/N-ethyl adjacent to an activating group) is 1. The van der Waals surface area contributed by atoms with Crippen LogP contribution in [0.5, 0.6) is 0 Å². The third-order valence-corrected chi connectivity index (χ3v) is 7.27. The van der Waals surface area contributed by atoms with E-state index in [-0.39, 0.29) is 37.7 Å². The van der Waals surface area contributed by atoms with Gasteiger partial charge in [0.25, 0.3) is 0 Å². The van der Waals surface area contributed by atoms with Gasteiger partial charge in [-0.25, -0.2) is 8.42 Å². The Morgan fingerprint density at radius 3 is 2.35 bits per heavy atom. The minimum Gasteiger partial charge on any atom is -0.355 e. The lowest BCUT2D eigenvalue weighted by Gasteiger charge is -2.29. The van der Waals surface area contributed by atoms with Crippen LogP contribution >= 0.6 is 34.8 Å². The number of nitrogens with one attached hydrogen (secondary N) is 1. The zero-order chi connectivity index (χ0) is 25.5. The van der Waals surface area contributed by atoms with Crippen molar-refractivity contribution in [3.8, 4) is 0 Å². The topological polar surface area (TPSA) is 86.8 Å². The molecule has 2 amide bonds. The smallest absolute Gasteiger partial charge is 0.242 e. The highest BCUT2D eigenvalue weighted by molar-refractivity contribution is 7.92. The maximum atomic E-state index is 13.2. The second-order valence-electron chi connectivity index (χ2n) is 7.76. The van der Waals surface area contributed by atoms with Crippen LogP contribution in [-0.4, -0.2) is 50.5 Å². The molecule has 0 fully saturated rings. The lowest BCUT2D eigenvalue weighted by atomic mass is 10.1. The van der Waals surface area contributed by atoms with E-state index in [1.807, 2.05) is 0 Å². The number of rotatable bonds is 11. The van der Waals surface area contributed by atoms with Gasteiger partial charge >= 0.3 is 0 Å². The molecule has 0 bridgehead atoms. The normalized spacial score (nSPS) is 12.2. The standard InChI is InChI=1S/C23H28Cl3N3O4S/c1-4-27-23(31)16(2)28(15-17-10-11-20(25)21(26)13-17)22(30)9-6-12-29(34(3,32)33)19-8-5-7-18(24)14-19/h5,7-8,10-11,13-14,16H,4,6,9,12,15H2,1-3H3,(H,27,31). The first-order valence-electron chi connectivity index (χ1n) is 10.7. The molecular weight excluding hydrogens is 521 g/mol. The van der Waals surface area contributed by atoms with Gasteiger partial charge in [-0.05, 0) is 56.2 Å². The Morgan fingerprint density at radius 2 is 1.76 bits per heavy atom. The number of carbonyl (C=O) groups excluding carboxylic acids is 2. The molecule has 2 aromatic carbocycles. The highest BCUT2D eigenvalue weighted by atomic mass is 35.5. The summed E-state index contributed by atoms with van der Waals surface area (Å²) in [6.45, 7) is 4.11. The highest BCUT2D eigenvalue weighted by Gasteiger charge is 2.26. The second-order valence-corrected chi connectivity index (χ2v) is 10.9. The van der Waals surface area contributed by atoms with Crippen LogP contribution in [0.1, 0.15) is 32.3 Å². The average molecular weight is 549 g/mol. The zero-order valence-corrected chi connectivity index (χ0v) is 22.3. The fourth-order valence-corrected chi connectivity index (χ4v) is 4.84. The Labute approximate surface area is 216 Å². The van der Waals surface area contributed by atoms with E-state index in [9.17, 15) is 18.0 Å². The number of carbonyl (C=O) groups is 2. The minimum atomic E-state index is -3.59. The van der Waals surface area contributed by atoms with Crippen LogP contribution in [0, 0.1) is 0 Å². The van der Waals surface area contributed by atoms with E-state index in [2.05, 4.69) is 5.32 Å². The molecule has 0 aliphatic carbocycles. The fourth-order valence-electron chi connectivity index (χ4n) is 3.37. The Morgan fingerprint density at radius 1 is 1.06 bits per heavy atom. The Kier molecular flexibility index (Phi) is 10.5. The Balaban J connectivity index is 2.18. The number of sulfonamides is 1. The molecule has 0 aromatic heterocycles. The molecule has 2 aromatic rings. The van der Waals surface area contributed by atoms with Crippen molar-refractivity contribution in [1.29, 1.82) is 0 Å². The van der Waals surface area contributed by atoms with Gasteiger partial charge in [0, 0.05) is 31.1 Å². The first-order chi connectivity index (χ1) is 15.9. The number of nitrogens with zero attached hydrogens (tertiary/aromatic N) is 2. The van der Waals surface area contributed by atoms with Crippen molar-refractivity contribution < 1.29 is 18.0 Å². The summed E-state index contributed by atoms with van der Waals surface area (Å²) in [5.74, 6) is -0.572. The maximum absolute atomic E-state index is 13.2. The van der Waals surface area contributed by atoms with Gasteiger partial charge in [-0.2, -0.15) is 0 Å². The van der Waals surface area contributed by atoms with Gasteiger partial charge < -0.3 is 10.2 Å². The molecule has 11 heteroatoms. The molecule has 7 nitrogen and oxygen atoms in total. The first-order valence-corrected chi connectivity index (χ1v) is 13.7. The summed E-state index contributed by atoms with van der Waals surface area (Å²) in [7, 11) is -3.59. The van der Waals surface area contributed by atoms with Crippen LogP contribution in [0.25, 0.3) is 0 Å². The molecule has 0 heterocycles. The lowest BCUT2D eigenvalue weighted by Crippen LogP contribution is -2.47. The molecule has 0 saturated heterocycles. The third-order valence-electron chi connectivity index (χ3n) is 5.10. The molecule has 0 spiro atoms. The largest absolute Gasteiger partial charge is 0.355 e. The van der Waals surface area contributed by atoms with E-state index in [1.54, 1.807) is 56.3 Å². The molecule has 1 unspecified atom stereocenters. The predicted molar refractivity (Wildman–Crippen MR) is 138 cm³/mol. The quantitative estimate of drug-likeness (QED) is 0.439. The molecule has 0 saturated carbocycles. The van der Waals surface area contributed by atoms with Crippen molar-refractivity contribution in [1.82, 2.24) is 10.2 Å². The van der Waals surface area contributed by atoms with Crippen LogP contribution in [0.3, 0.4) is 0 Å². The van der Waals surface area contributed by atoms with Gasteiger partial charge in [0.15, 0.2) is 0 Å². The van der Waals surface area contributed by atoms with Gasteiger partial charge in [-0.15, -0.1) is 0 Å². The van der Waals surface area contributed by atoms with Gasteiger partial charge in [0.2, 0.25) is 21.8 Å². The Hall–Kier alpha value is -2.00. The number of halogens is 3. The summed E-state index contributed by atoms with van der Waals surface area (Å²) in [6, 6.07) is 10.8. The summed E-state index contributed by atoms with van der Waals surface area (Å²) in [4.78, 5) is 27.1. The minimum absolute atomic E-state index is 0.0393. The summed E-state index contributed by atoms with van der Waals surface area (Å²) in [5.41, 5.74) is 1.14. The number of hydrogen-bond acceptors (Lipinski definition) is 4. The van der Waals surface area contributed by atoms with E-state index in [0.717, 1.165) is 11.8 Å². The first kappa shape index (κ1) is 28.2. The van der Waals surface area contributed by atoms with E-state index >= 15 is 0 Å². The second kappa shape index (κ2) is 12.6. The van der Waals surface area contributed by atoms with Gasteiger partial charge in [-0.3, -0.25) is 13.9 Å². The van der Waals surface area contributed by atoms with Crippen molar-refractivity contribution in [3.05, 3.63) is 63.1 Å². The van der Waals surface area contributed by atoms with E-state index in [0.29, 0.717) is 27.3 Å². The van der Waals surface area contributed by atoms with Gasteiger partial charge in [0.05, 0.1) is 22.0 Å². The Bertz CT molecular complexity index is 1130. The van der Waals surface area contributed by atoms with E-state index in [1.165, 1.54) is 9.21 Å². The molecular formula is C23H28Cl3N3O4S. The van der Waals surface area contributed by atoms with Crippen molar-refractivity contribution in [3.63, 3.8) is 0 Å². The summed E-state index contributed by atoms with van der Waals surface area (Å²) >= 11 is 18.1. The molecule has 1 atom stereocenters. The van der Waals surface area contributed by atoms with Crippen molar-refractivity contribution in [2.24, 2.45) is 0 Å².